The largest absolute Gasteiger partial charge is 0.497 e. The van der Waals surface area contributed by atoms with Crippen LogP contribution in [-0.4, -0.2) is 18.2 Å². The number of nitrogens with zero attached hydrogens (tertiary/aromatic N) is 1. The van der Waals surface area contributed by atoms with Crippen LogP contribution in [0.3, 0.4) is 0 Å². The van der Waals surface area contributed by atoms with Crippen molar-refractivity contribution in [3.63, 3.8) is 0 Å². The molecule has 96 valence electrons. The molecular weight excluding hydrogens is 224 g/mol. The molecule has 0 bridgehead atoms. The van der Waals surface area contributed by atoms with Gasteiger partial charge in [0.25, 0.3) is 0 Å². The van der Waals surface area contributed by atoms with Gasteiger partial charge < -0.3 is 14.6 Å². The summed E-state index contributed by atoms with van der Waals surface area (Å²) in [5.74, 6) is 0.964. The summed E-state index contributed by atoms with van der Waals surface area (Å²) in [7, 11) is 3.91. The minimum absolute atomic E-state index is 0.964. The number of hydrogen-bond donors (Lipinski definition) is 1. The first-order valence-electron chi connectivity index (χ1n) is 6.58. The lowest BCUT2D eigenvalue weighted by molar-refractivity contribution is 0.415. The van der Waals surface area contributed by atoms with E-state index < -0.39 is 0 Å². The fourth-order valence-corrected chi connectivity index (χ4v) is 3.13. The molecule has 0 aliphatic carbocycles. The van der Waals surface area contributed by atoms with E-state index in [0.29, 0.717) is 0 Å². The molecule has 1 aromatic carbocycles. The summed E-state index contributed by atoms with van der Waals surface area (Å²) in [6.07, 6.45) is 2.37. The van der Waals surface area contributed by atoms with Gasteiger partial charge in [-0.1, -0.05) is 0 Å². The molecule has 0 saturated heterocycles. The third kappa shape index (κ3) is 1.62. The predicted molar refractivity (Wildman–Crippen MR) is 74.2 cm³/mol. The van der Waals surface area contributed by atoms with Gasteiger partial charge >= 0.3 is 0 Å². The lowest BCUT2D eigenvalue weighted by Gasteiger charge is -2.07. The zero-order valence-electron chi connectivity index (χ0n) is 11.3. The normalized spacial score (nSPS) is 15.5. The Balaban J connectivity index is 2.33. The molecule has 3 heteroatoms. The molecule has 0 atom stereocenters. The van der Waals surface area contributed by atoms with Crippen molar-refractivity contribution >= 4 is 10.9 Å². The van der Waals surface area contributed by atoms with Crippen molar-refractivity contribution in [3.8, 4) is 5.75 Å². The van der Waals surface area contributed by atoms with Crippen molar-refractivity contribution in [3.05, 3.63) is 29.0 Å². The van der Waals surface area contributed by atoms with Crippen molar-refractivity contribution in [1.82, 2.24) is 9.88 Å². The Labute approximate surface area is 108 Å². The quantitative estimate of drug-likeness (QED) is 0.834. The predicted octanol–water partition coefficient (Wildman–Crippen LogP) is 2.53. The van der Waals surface area contributed by atoms with Gasteiger partial charge in [-0.15, -0.1) is 0 Å². The fraction of sp³-hybridized carbons (Fsp3) is 0.467. The highest BCUT2D eigenvalue weighted by Crippen LogP contribution is 2.33. The molecule has 3 nitrogen and oxygen atoms in total. The van der Waals surface area contributed by atoms with E-state index in [0.717, 1.165) is 25.3 Å². The molecule has 0 amide bonds. The maximum absolute atomic E-state index is 5.41. The van der Waals surface area contributed by atoms with Crippen molar-refractivity contribution in [1.29, 1.82) is 0 Å². The van der Waals surface area contributed by atoms with Crippen LogP contribution < -0.4 is 10.1 Å². The number of nitrogens with one attached hydrogen (secondary N) is 1. The topological polar surface area (TPSA) is 26.2 Å². The van der Waals surface area contributed by atoms with Crippen LogP contribution >= 0.6 is 0 Å². The maximum atomic E-state index is 5.41. The summed E-state index contributed by atoms with van der Waals surface area (Å²) >= 11 is 0. The molecule has 0 spiro atoms. The van der Waals surface area contributed by atoms with Crippen LogP contribution in [0.5, 0.6) is 5.75 Å². The van der Waals surface area contributed by atoms with Crippen molar-refractivity contribution in [2.75, 3.05) is 13.7 Å². The molecule has 0 unspecified atom stereocenters. The second kappa shape index (κ2) is 4.32. The van der Waals surface area contributed by atoms with Gasteiger partial charge in [0.1, 0.15) is 5.75 Å². The number of aryl methyl sites for hydroxylation is 3. The number of methoxy groups -OCH3 is 1. The van der Waals surface area contributed by atoms with E-state index in [1.165, 1.54) is 34.1 Å². The summed E-state index contributed by atoms with van der Waals surface area (Å²) < 4.78 is 7.75. The van der Waals surface area contributed by atoms with E-state index in [4.69, 9.17) is 4.74 Å². The molecule has 3 rings (SSSR count). The minimum Gasteiger partial charge on any atom is -0.497 e. The fourth-order valence-electron chi connectivity index (χ4n) is 3.13. The lowest BCUT2D eigenvalue weighted by atomic mass is 10.0. The molecule has 2 heterocycles. The van der Waals surface area contributed by atoms with Gasteiger partial charge in [0, 0.05) is 24.7 Å². The number of aromatic nitrogens is 1. The number of fused-ring (bicyclic) bond motifs is 3. The Kier molecular flexibility index (Phi) is 2.78. The van der Waals surface area contributed by atoms with Crippen LogP contribution in [0.1, 0.15) is 23.2 Å². The molecule has 1 N–H and O–H groups in total. The molecule has 0 fully saturated rings. The summed E-state index contributed by atoms with van der Waals surface area (Å²) in [5.41, 5.74) is 5.57. The van der Waals surface area contributed by atoms with Crippen LogP contribution in [0.15, 0.2) is 12.1 Å². The monoisotopic (exact) mass is 244 g/mol. The summed E-state index contributed by atoms with van der Waals surface area (Å²) in [5, 5.41) is 4.87. The molecule has 1 aromatic heterocycles. The second-order valence-electron chi connectivity index (χ2n) is 5.11. The zero-order valence-corrected chi connectivity index (χ0v) is 11.3. The van der Waals surface area contributed by atoms with E-state index in [9.17, 15) is 0 Å². The van der Waals surface area contributed by atoms with Crippen LogP contribution in [0.4, 0.5) is 0 Å². The zero-order chi connectivity index (χ0) is 12.7. The Morgan fingerprint density at radius 3 is 2.94 bits per heavy atom. The van der Waals surface area contributed by atoms with E-state index in [-0.39, 0.29) is 0 Å². The maximum Gasteiger partial charge on any atom is 0.119 e. The highest BCUT2D eigenvalue weighted by molar-refractivity contribution is 5.89. The standard InChI is InChI=1S/C15H20N2O/c1-10-7-11(18-3)8-13-12-5-4-6-16-9-14(12)17(2)15(10)13/h7-8,16H,4-6,9H2,1-3H3. The summed E-state index contributed by atoms with van der Waals surface area (Å²) in [6.45, 7) is 4.25. The van der Waals surface area contributed by atoms with Crippen LogP contribution in [0.25, 0.3) is 10.9 Å². The Morgan fingerprint density at radius 1 is 1.33 bits per heavy atom. The smallest absolute Gasteiger partial charge is 0.119 e. The van der Waals surface area contributed by atoms with Gasteiger partial charge in [0.15, 0.2) is 0 Å². The van der Waals surface area contributed by atoms with Crippen molar-refractivity contribution in [2.24, 2.45) is 7.05 Å². The van der Waals surface area contributed by atoms with Gasteiger partial charge in [0.05, 0.1) is 12.6 Å². The molecule has 2 aromatic rings. The van der Waals surface area contributed by atoms with Crippen LogP contribution in [-0.2, 0) is 20.0 Å². The van der Waals surface area contributed by atoms with E-state index >= 15 is 0 Å². The van der Waals surface area contributed by atoms with Gasteiger partial charge in [0.2, 0.25) is 0 Å². The molecule has 0 saturated carbocycles. The average molecular weight is 244 g/mol. The molecule has 0 radical (unpaired) electrons. The van der Waals surface area contributed by atoms with Crippen molar-refractivity contribution < 1.29 is 4.74 Å². The van der Waals surface area contributed by atoms with Crippen LogP contribution in [0.2, 0.25) is 0 Å². The number of hydrogen-bond acceptors (Lipinski definition) is 2. The highest BCUT2D eigenvalue weighted by Gasteiger charge is 2.18. The second-order valence-corrected chi connectivity index (χ2v) is 5.11. The summed E-state index contributed by atoms with van der Waals surface area (Å²) in [6, 6.07) is 4.31. The Morgan fingerprint density at radius 2 is 2.17 bits per heavy atom. The third-order valence-corrected chi connectivity index (χ3v) is 4.00. The first-order valence-corrected chi connectivity index (χ1v) is 6.58. The first-order chi connectivity index (χ1) is 8.72. The summed E-state index contributed by atoms with van der Waals surface area (Å²) in [4.78, 5) is 0. The number of benzene rings is 1. The van der Waals surface area contributed by atoms with E-state index in [2.05, 4.69) is 36.0 Å². The van der Waals surface area contributed by atoms with E-state index in [1.807, 2.05) is 0 Å². The molecule has 18 heavy (non-hydrogen) atoms. The molecule has 1 aliphatic heterocycles. The van der Waals surface area contributed by atoms with E-state index in [1.54, 1.807) is 7.11 Å². The van der Waals surface area contributed by atoms with Crippen molar-refractivity contribution in [2.45, 2.75) is 26.3 Å². The van der Waals surface area contributed by atoms with Crippen LogP contribution in [0, 0.1) is 6.92 Å². The Bertz CT molecular complexity index is 598. The lowest BCUT2D eigenvalue weighted by Crippen LogP contribution is -2.14. The first kappa shape index (κ1) is 11.6. The molecular formula is C15H20N2O. The third-order valence-electron chi connectivity index (χ3n) is 4.00. The Hall–Kier alpha value is -1.48. The van der Waals surface area contributed by atoms with Gasteiger partial charge in [-0.25, -0.2) is 0 Å². The van der Waals surface area contributed by atoms with Gasteiger partial charge in [-0.05, 0) is 49.6 Å². The van der Waals surface area contributed by atoms with Gasteiger partial charge in [-0.3, -0.25) is 0 Å². The highest BCUT2D eigenvalue weighted by atomic mass is 16.5. The number of rotatable bonds is 1. The average Bonchev–Trinajstić information content (AvgIpc) is 2.57. The number of ether oxygens (including phenoxy) is 1. The molecule has 1 aliphatic rings. The van der Waals surface area contributed by atoms with Gasteiger partial charge in [-0.2, -0.15) is 0 Å². The minimum atomic E-state index is 0.964. The SMILES string of the molecule is COc1cc(C)c2c(c1)c1c(n2C)CNCCC1.